The first kappa shape index (κ1) is 33.7. The molecule has 46 heavy (non-hydrogen) atoms. The van der Waals surface area contributed by atoms with Crippen molar-refractivity contribution in [2.24, 2.45) is 36.5 Å². The minimum absolute atomic E-state index is 0.110. The summed E-state index contributed by atoms with van der Waals surface area (Å²) in [6.45, 7) is 4.49. The fourth-order valence-electron chi connectivity index (χ4n) is 8.55. The van der Waals surface area contributed by atoms with Crippen LogP contribution < -0.4 is 11.1 Å². The first-order chi connectivity index (χ1) is 21.8. The number of alkyl carbamates (subject to hydrolysis) is 1. The normalized spacial score (nSPS) is 26.5. The van der Waals surface area contributed by atoms with Crippen molar-refractivity contribution in [3.05, 3.63) is 35.5 Å². The van der Waals surface area contributed by atoms with E-state index in [0.29, 0.717) is 37.7 Å². The maximum absolute atomic E-state index is 14.6. The van der Waals surface area contributed by atoms with Gasteiger partial charge in [-0.25, -0.2) is 14.0 Å². The highest BCUT2D eigenvalue weighted by Gasteiger charge is 2.52. The van der Waals surface area contributed by atoms with E-state index < -0.39 is 54.3 Å². The van der Waals surface area contributed by atoms with Gasteiger partial charge in [-0.3, -0.25) is 9.59 Å². The number of nitrogens with zero attached hydrogens (tertiary/aromatic N) is 2. The molecule has 1 aliphatic heterocycles. The summed E-state index contributed by atoms with van der Waals surface area (Å²) in [5, 5.41) is 13.8. The van der Waals surface area contributed by atoms with Gasteiger partial charge in [0.25, 0.3) is 0 Å². The van der Waals surface area contributed by atoms with Crippen molar-refractivity contribution in [2.45, 2.75) is 109 Å². The summed E-state index contributed by atoms with van der Waals surface area (Å²) in [7, 11) is 1.72. The van der Waals surface area contributed by atoms with Crippen molar-refractivity contribution >= 4 is 34.8 Å². The van der Waals surface area contributed by atoms with E-state index in [2.05, 4.69) is 5.32 Å². The molecule has 1 saturated heterocycles. The van der Waals surface area contributed by atoms with Gasteiger partial charge < -0.3 is 30.4 Å². The number of nitrogens with one attached hydrogen (secondary N) is 1. The topological polar surface area (TPSA) is 144 Å². The summed E-state index contributed by atoms with van der Waals surface area (Å²) in [5.41, 5.74) is 6.83. The van der Waals surface area contributed by atoms with Crippen LogP contribution in [0.25, 0.3) is 10.9 Å². The Balaban J connectivity index is 1.46. The number of benzene rings is 1. The van der Waals surface area contributed by atoms with E-state index in [1.807, 2.05) is 24.3 Å². The van der Waals surface area contributed by atoms with Crippen molar-refractivity contribution in [1.82, 2.24) is 14.8 Å². The summed E-state index contributed by atoms with van der Waals surface area (Å²) in [4.78, 5) is 54.7. The lowest BCUT2D eigenvalue weighted by Gasteiger charge is -2.38. The molecule has 0 spiro atoms. The smallest absolute Gasteiger partial charge is 0.407 e. The SMILES string of the molecule is Cn1c(C(=O)O)c(C2C[C@@H](C3CCCCC3)[C@@H](C(N)=O)N2C(=O)[C@H]2CC[C@H](C(CF)NC(=O)OC(C)(C)C)CC2)c2ccccc21. The number of alkyl halides is 1. The molecule has 252 valence electrons. The molecule has 3 amide bonds. The molecular formula is C35H49FN4O6. The van der Waals surface area contributed by atoms with Crippen molar-refractivity contribution in [1.29, 1.82) is 0 Å². The predicted molar refractivity (Wildman–Crippen MR) is 172 cm³/mol. The van der Waals surface area contributed by atoms with Crippen LogP contribution in [0.4, 0.5) is 9.18 Å². The van der Waals surface area contributed by atoms with E-state index in [4.69, 9.17) is 10.5 Å². The molecule has 4 atom stereocenters. The van der Waals surface area contributed by atoms with Crippen LogP contribution in [0.2, 0.25) is 0 Å². The first-order valence-electron chi connectivity index (χ1n) is 16.8. The molecule has 2 unspecified atom stereocenters. The third kappa shape index (κ3) is 6.74. The number of para-hydroxylation sites is 1. The number of hydrogen-bond acceptors (Lipinski definition) is 5. The molecular weight excluding hydrogens is 591 g/mol. The van der Waals surface area contributed by atoms with Crippen LogP contribution in [0.1, 0.15) is 107 Å². The van der Waals surface area contributed by atoms with E-state index in [0.717, 1.165) is 43.0 Å². The predicted octanol–water partition coefficient (Wildman–Crippen LogP) is 5.87. The highest BCUT2D eigenvalue weighted by molar-refractivity contribution is 5.99. The molecule has 4 N–H and O–H groups in total. The molecule has 2 aliphatic carbocycles. The van der Waals surface area contributed by atoms with Crippen LogP contribution in [-0.4, -0.2) is 62.8 Å². The highest BCUT2D eigenvalue weighted by Crippen LogP contribution is 2.50. The van der Waals surface area contributed by atoms with Gasteiger partial charge in [0.2, 0.25) is 11.8 Å². The van der Waals surface area contributed by atoms with Gasteiger partial charge in [0.15, 0.2) is 0 Å². The van der Waals surface area contributed by atoms with Crippen molar-refractivity contribution in [3.63, 3.8) is 0 Å². The molecule has 3 fully saturated rings. The Hall–Kier alpha value is -3.63. The fourth-order valence-corrected chi connectivity index (χ4v) is 8.55. The number of primary amides is 1. The van der Waals surface area contributed by atoms with Crippen LogP contribution in [0.5, 0.6) is 0 Å². The van der Waals surface area contributed by atoms with Gasteiger partial charge in [-0.05, 0) is 76.7 Å². The number of likely N-dealkylation sites (tertiary alicyclic amines) is 1. The number of ether oxygens (including phenoxy) is 1. The molecule has 2 heterocycles. The number of halogens is 1. The van der Waals surface area contributed by atoms with E-state index in [1.54, 1.807) is 37.3 Å². The zero-order valence-electron chi connectivity index (χ0n) is 27.5. The molecule has 2 saturated carbocycles. The summed E-state index contributed by atoms with van der Waals surface area (Å²) in [6.07, 6.45) is 6.88. The molecule has 1 aromatic heterocycles. The number of aromatic nitrogens is 1. The molecule has 0 bridgehead atoms. The number of nitrogens with two attached hydrogens (primary N) is 1. The zero-order valence-corrected chi connectivity index (χ0v) is 27.5. The Bertz CT molecular complexity index is 1450. The lowest BCUT2D eigenvalue weighted by Crippen LogP contribution is -2.51. The number of carboxylic acids is 1. The quantitative estimate of drug-likeness (QED) is 0.329. The van der Waals surface area contributed by atoms with Gasteiger partial charge in [0, 0.05) is 29.4 Å². The fraction of sp³-hybridized carbons (Fsp3) is 0.657. The molecule has 10 nitrogen and oxygen atoms in total. The Morgan fingerprint density at radius 2 is 1.70 bits per heavy atom. The van der Waals surface area contributed by atoms with Crippen LogP contribution in [0, 0.1) is 23.7 Å². The molecule has 5 rings (SSSR count). The van der Waals surface area contributed by atoms with Crippen LogP contribution in [-0.2, 0) is 21.4 Å². The van der Waals surface area contributed by atoms with Gasteiger partial charge in [-0.2, -0.15) is 0 Å². The van der Waals surface area contributed by atoms with Gasteiger partial charge in [-0.15, -0.1) is 0 Å². The number of carboxylic acid groups (broad SMARTS) is 1. The van der Waals surface area contributed by atoms with E-state index in [9.17, 15) is 28.7 Å². The summed E-state index contributed by atoms with van der Waals surface area (Å²) in [5.74, 6) is -2.41. The minimum atomic E-state index is -1.09. The molecule has 3 aliphatic rings. The summed E-state index contributed by atoms with van der Waals surface area (Å²) < 4.78 is 21.1. The summed E-state index contributed by atoms with van der Waals surface area (Å²) >= 11 is 0. The number of carbonyl (C=O) groups excluding carboxylic acids is 3. The van der Waals surface area contributed by atoms with Crippen LogP contribution in [0.15, 0.2) is 24.3 Å². The maximum Gasteiger partial charge on any atom is 0.407 e. The minimum Gasteiger partial charge on any atom is -0.477 e. The number of fused-ring (bicyclic) bond motifs is 1. The Morgan fingerprint density at radius 1 is 1.04 bits per heavy atom. The second-order valence-corrected chi connectivity index (χ2v) is 14.6. The Morgan fingerprint density at radius 3 is 2.28 bits per heavy atom. The van der Waals surface area contributed by atoms with Crippen molar-refractivity contribution < 1.29 is 33.4 Å². The average molecular weight is 641 g/mol. The number of rotatable bonds is 8. The summed E-state index contributed by atoms with van der Waals surface area (Å²) in [6, 6.07) is 5.26. The Labute approximate surface area is 270 Å². The number of hydrogen-bond donors (Lipinski definition) is 3. The van der Waals surface area contributed by atoms with Crippen LogP contribution in [0.3, 0.4) is 0 Å². The van der Waals surface area contributed by atoms with Crippen LogP contribution >= 0.6 is 0 Å². The third-order valence-corrected chi connectivity index (χ3v) is 10.6. The largest absolute Gasteiger partial charge is 0.477 e. The van der Waals surface area contributed by atoms with Gasteiger partial charge >= 0.3 is 12.1 Å². The maximum atomic E-state index is 14.6. The lowest BCUT2D eigenvalue weighted by atomic mass is 9.75. The highest BCUT2D eigenvalue weighted by atomic mass is 19.1. The third-order valence-electron chi connectivity index (χ3n) is 10.6. The second kappa shape index (κ2) is 13.6. The number of amides is 3. The molecule has 1 aromatic carbocycles. The van der Waals surface area contributed by atoms with E-state index >= 15 is 0 Å². The average Bonchev–Trinajstić information content (AvgIpc) is 3.55. The van der Waals surface area contributed by atoms with Crippen molar-refractivity contribution in [2.75, 3.05) is 6.67 Å². The molecule has 11 heteroatoms. The van der Waals surface area contributed by atoms with Gasteiger partial charge in [0.1, 0.15) is 24.0 Å². The van der Waals surface area contributed by atoms with Gasteiger partial charge in [0.05, 0.1) is 12.1 Å². The molecule has 0 radical (unpaired) electrons. The van der Waals surface area contributed by atoms with Crippen molar-refractivity contribution in [3.8, 4) is 0 Å². The number of carbonyl (C=O) groups is 4. The standard InChI is InChI=1S/C35H49FN4O6/c1-35(2,3)46-34(45)38-25(19-36)21-14-16-22(17-15-21)32(42)40-27(18-24(29(40)31(37)41)20-10-6-5-7-11-20)28-23-12-8-9-13-26(23)39(4)30(28)33(43)44/h8-9,12-13,20-22,24-25,27,29H,5-7,10-11,14-19H2,1-4H3,(H2,37,41)(H,38,45)(H,43,44)/t21-,22-,24-,25?,27?,29-/m0/s1. The lowest BCUT2D eigenvalue weighted by molar-refractivity contribution is -0.145. The Kier molecular flexibility index (Phi) is 9.98. The van der Waals surface area contributed by atoms with E-state index in [1.165, 1.54) is 0 Å². The first-order valence-corrected chi connectivity index (χ1v) is 16.8. The number of aryl methyl sites for hydroxylation is 1. The second-order valence-electron chi connectivity index (χ2n) is 14.6. The van der Waals surface area contributed by atoms with Gasteiger partial charge in [-0.1, -0.05) is 50.3 Å². The monoisotopic (exact) mass is 640 g/mol. The van der Waals surface area contributed by atoms with E-state index in [-0.39, 0.29) is 29.4 Å². The molecule has 2 aromatic rings. The number of aromatic carboxylic acids is 1. The zero-order chi connectivity index (χ0) is 33.3.